The van der Waals surface area contributed by atoms with E-state index in [1.165, 1.54) is 0 Å². The van der Waals surface area contributed by atoms with Gasteiger partial charge >= 0.3 is 0 Å². The molecule has 0 saturated heterocycles. The minimum Gasteiger partial charge on any atom is -0.291 e. The van der Waals surface area contributed by atoms with E-state index in [1.54, 1.807) is 5.01 Å². The number of hydrogen-bond acceptors (Lipinski definition) is 2. The van der Waals surface area contributed by atoms with Crippen molar-refractivity contribution in [1.29, 1.82) is 0 Å². The van der Waals surface area contributed by atoms with E-state index in [2.05, 4.69) is 18.9 Å². The van der Waals surface area contributed by atoms with E-state index in [9.17, 15) is 4.39 Å². The van der Waals surface area contributed by atoms with Gasteiger partial charge in [0.25, 0.3) is 0 Å². The van der Waals surface area contributed by atoms with Gasteiger partial charge in [0.1, 0.15) is 6.67 Å². The summed E-state index contributed by atoms with van der Waals surface area (Å²) in [6.45, 7) is 4.27. The van der Waals surface area contributed by atoms with Crippen LogP contribution in [0.3, 0.4) is 0 Å². The van der Waals surface area contributed by atoms with E-state index in [-0.39, 0.29) is 6.67 Å². The molecule has 0 saturated carbocycles. The summed E-state index contributed by atoms with van der Waals surface area (Å²) < 4.78 is 11.8. The molecular formula is C7H13FN2. The van der Waals surface area contributed by atoms with Crippen LogP contribution >= 0.6 is 0 Å². The predicted octanol–water partition coefficient (Wildman–Crippen LogP) is 1.28. The molecule has 0 aliphatic carbocycles. The second-order valence-electron chi connectivity index (χ2n) is 2.72. The monoisotopic (exact) mass is 144 g/mol. The Labute approximate surface area is 60.7 Å². The SMILES string of the molecule is CC1C=NN(CCF)C1C. The number of alkyl halides is 1. The van der Waals surface area contributed by atoms with Gasteiger partial charge in [0.15, 0.2) is 0 Å². The first-order valence-corrected chi connectivity index (χ1v) is 3.62. The summed E-state index contributed by atoms with van der Waals surface area (Å²) in [7, 11) is 0. The molecule has 0 aromatic heterocycles. The van der Waals surface area contributed by atoms with Crippen LogP contribution in [-0.2, 0) is 0 Å². The predicted molar refractivity (Wildman–Crippen MR) is 39.8 cm³/mol. The minimum atomic E-state index is -0.311. The summed E-state index contributed by atoms with van der Waals surface area (Å²) in [5.41, 5.74) is 0. The fraction of sp³-hybridized carbons (Fsp3) is 0.857. The lowest BCUT2D eigenvalue weighted by Crippen LogP contribution is -2.29. The van der Waals surface area contributed by atoms with Gasteiger partial charge in [0.2, 0.25) is 0 Å². The highest BCUT2D eigenvalue weighted by Crippen LogP contribution is 2.15. The molecule has 0 fully saturated rings. The van der Waals surface area contributed by atoms with Crippen molar-refractivity contribution in [2.75, 3.05) is 13.2 Å². The van der Waals surface area contributed by atoms with Crippen molar-refractivity contribution >= 4 is 6.21 Å². The van der Waals surface area contributed by atoms with Crippen LogP contribution in [-0.4, -0.2) is 30.5 Å². The van der Waals surface area contributed by atoms with E-state index in [0.717, 1.165) is 0 Å². The zero-order valence-corrected chi connectivity index (χ0v) is 6.42. The average molecular weight is 144 g/mol. The maximum atomic E-state index is 11.8. The van der Waals surface area contributed by atoms with Crippen LogP contribution in [0, 0.1) is 5.92 Å². The molecule has 2 nitrogen and oxygen atoms in total. The molecule has 1 aliphatic heterocycles. The Hall–Kier alpha value is -0.600. The molecule has 0 spiro atoms. The van der Waals surface area contributed by atoms with Crippen molar-refractivity contribution in [3.63, 3.8) is 0 Å². The lowest BCUT2D eigenvalue weighted by molar-refractivity contribution is 0.203. The fourth-order valence-corrected chi connectivity index (χ4v) is 1.04. The van der Waals surface area contributed by atoms with Gasteiger partial charge in [-0.15, -0.1) is 0 Å². The molecule has 3 heteroatoms. The normalized spacial score (nSPS) is 31.7. The maximum absolute atomic E-state index is 11.8. The van der Waals surface area contributed by atoms with Gasteiger partial charge in [-0.3, -0.25) is 5.01 Å². The Morgan fingerprint density at radius 1 is 1.60 bits per heavy atom. The second-order valence-corrected chi connectivity index (χ2v) is 2.72. The van der Waals surface area contributed by atoms with Crippen LogP contribution in [0.1, 0.15) is 13.8 Å². The molecule has 0 aromatic carbocycles. The van der Waals surface area contributed by atoms with Gasteiger partial charge in [-0.2, -0.15) is 5.10 Å². The minimum absolute atomic E-state index is 0.311. The van der Waals surface area contributed by atoms with E-state index in [0.29, 0.717) is 18.5 Å². The van der Waals surface area contributed by atoms with Gasteiger partial charge in [0, 0.05) is 12.1 Å². The average Bonchev–Trinajstić information content (AvgIpc) is 2.20. The van der Waals surface area contributed by atoms with Crippen molar-refractivity contribution < 1.29 is 4.39 Å². The van der Waals surface area contributed by atoms with Crippen LogP contribution in [0.5, 0.6) is 0 Å². The third kappa shape index (κ3) is 1.28. The Kier molecular flexibility index (Phi) is 2.25. The van der Waals surface area contributed by atoms with Gasteiger partial charge in [-0.1, -0.05) is 6.92 Å². The molecule has 1 rings (SSSR count). The standard InChI is InChI=1S/C7H13FN2/c1-6-5-9-10(4-3-8)7(6)2/h5-7H,3-4H2,1-2H3. The van der Waals surface area contributed by atoms with E-state index in [4.69, 9.17) is 0 Å². The van der Waals surface area contributed by atoms with Gasteiger partial charge in [-0.25, -0.2) is 4.39 Å². The molecule has 0 bridgehead atoms. The third-order valence-electron chi connectivity index (χ3n) is 1.99. The fourth-order valence-electron chi connectivity index (χ4n) is 1.04. The smallest absolute Gasteiger partial charge is 0.109 e. The molecule has 2 unspecified atom stereocenters. The first kappa shape index (κ1) is 7.51. The van der Waals surface area contributed by atoms with Crippen LogP contribution < -0.4 is 0 Å². The molecule has 0 amide bonds. The molecule has 2 atom stereocenters. The molecule has 10 heavy (non-hydrogen) atoms. The Balaban J connectivity index is 2.41. The Morgan fingerprint density at radius 2 is 2.30 bits per heavy atom. The van der Waals surface area contributed by atoms with Crippen molar-refractivity contribution in [3.05, 3.63) is 0 Å². The summed E-state index contributed by atoms with van der Waals surface area (Å²) >= 11 is 0. The van der Waals surface area contributed by atoms with Gasteiger partial charge in [0.05, 0.1) is 12.6 Å². The molecule has 0 aromatic rings. The number of halogens is 1. The lowest BCUT2D eigenvalue weighted by Gasteiger charge is -2.20. The number of hydrazone groups is 1. The molecule has 0 N–H and O–H groups in total. The molecule has 0 radical (unpaired) electrons. The Morgan fingerprint density at radius 3 is 2.70 bits per heavy atom. The Bertz CT molecular complexity index is 136. The van der Waals surface area contributed by atoms with Crippen LogP contribution in [0.15, 0.2) is 5.10 Å². The van der Waals surface area contributed by atoms with Crippen LogP contribution in [0.25, 0.3) is 0 Å². The van der Waals surface area contributed by atoms with Gasteiger partial charge in [-0.05, 0) is 6.92 Å². The van der Waals surface area contributed by atoms with E-state index >= 15 is 0 Å². The molecule has 1 aliphatic rings. The number of rotatable bonds is 2. The summed E-state index contributed by atoms with van der Waals surface area (Å²) in [5, 5.41) is 5.85. The summed E-state index contributed by atoms with van der Waals surface area (Å²) in [4.78, 5) is 0. The van der Waals surface area contributed by atoms with Crippen LogP contribution in [0.2, 0.25) is 0 Å². The zero-order chi connectivity index (χ0) is 7.56. The highest BCUT2D eigenvalue weighted by atomic mass is 19.1. The summed E-state index contributed by atoms with van der Waals surface area (Å²) in [5.74, 6) is 0.464. The van der Waals surface area contributed by atoms with Crippen molar-refractivity contribution in [3.8, 4) is 0 Å². The third-order valence-corrected chi connectivity index (χ3v) is 1.99. The lowest BCUT2D eigenvalue weighted by atomic mass is 10.1. The number of nitrogens with zero attached hydrogens (tertiary/aromatic N) is 2. The molecule has 1 heterocycles. The molecular weight excluding hydrogens is 131 g/mol. The highest BCUT2D eigenvalue weighted by molar-refractivity contribution is 5.62. The zero-order valence-electron chi connectivity index (χ0n) is 6.42. The largest absolute Gasteiger partial charge is 0.291 e. The van der Waals surface area contributed by atoms with Gasteiger partial charge < -0.3 is 0 Å². The molecule has 58 valence electrons. The first-order chi connectivity index (χ1) is 4.75. The maximum Gasteiger partial charge on any atom is 0.109 e. The second kappa shape index (κ2) is 2.99. The summed E-state index contributed by atoms with van der Waals surface area (Å²) in [6, 6.07) is 0.371. The van der Waals surface area contributed by atoms with E-state index in [1.807, 2.05) is 6.21 Å². The number of hydrogen-bond donors (Lipinski definition) is 0. The quantitative estimate of drug-likeness (QED) is 0.570. The topological polar surface area (TPSA) is 15.6 Å². The van der Waals surface area contributed by atoms with E-state index < -0.39 is 0 Å². The van der Waals surface area contributed by atoms with Crippen molar-refractivity contribution in [1.82, 2.24) is 5.01 Å². The summed E-state index contributed by atoms with van der Waals surface area (Å²) in [6.07, 6.45) is 1.88. The van der Waals surface area contributed by atoms with Crippen molar-refractivity contribution in [2.24, 2.45) is 11.0 Å². The van der Waals surface area contributed by atoms with Crippen molar-refractivity contribution in [2.45, 2.75) is 19.9 Å². The van der Waals surface area contributed by atoms with Crippen LogP contribution in [0.4, 0.5) is 4.39 Å². The first-order valence-electron chi connectivity index (χ1n) is 3.62. The highest BCUT2D eigenvalue weighted by Gasteiger charge is 2.21.